The average Bonchev–Trinajstić information content (AvgIpc) is 2.30. The minimum absolute atomic E-state index is 0.0765. The van der Waals surface area contributed by atoms with Crippen LogP contribution in [0.1, 0.15) is 34.6 Å². The largest absolute Gasteiger partial charge is 0.253 e. The molecule has 0 unspecified atom stereocenters. The molecule has 1 aliphatic rings. The Morgan fingerprint density at radius 2 is 1.75 bits per heavy atom. The lowest BCUT2D eigenvalue weighted by molar-refractivity contribution is 0.102. The molecule has 4 nitrogen and oxygen atoms in total. The molecule has 0 spiro atoms. The Bertz CT molecular complexity index is 180. The highest BCUT2D eigenvalue weighted by Crippen LogP contribution is 2.20. The molecule has 0 atom stereocenters. The summed E-state index contributed by atoms with van der Waals surface area (Å²) in [6, 6.07) is 0.432. The van der Waals surface area contributed by atoms with E-state index in [-0.39, 0.29) is 5.54 Å². The molecule has 0 aromatic rings. The van der Waals surface area contributed by atoms with Crippen LogP contribution in [0.5, 0.6) is 0 Å². The van der Waals surface area contributed by atoms with Crippen LogP contribution in [0, 0.1) is 0 Å². The van der Waals surface area contributed by atoms with Crippen LogP contribution >= 0.6 is 0 Å². The molecule has 0 aromatic heterocycles. The van der Waals surface area contributed by atoms with Gasteiger partial charge in [0.2, 0.25) is 0 Å². The predicted octanol–water partition coefficient (Wildman–Crippen LogP) is 2.05. The van der Waals surface area contributed by atoms with E-state index in [2.05, 4.69) is 45.1 Å². The molecule has 0 saturated heterocycles. The Kier molecular flexibility index (Phi) is 2.26. The molecule has 0 saturated carbocycles. The molecule has 70 valence electrons. The zero-order valence-electron chi connectivity index (χ0n) is 8.57. The zero-order chi connectivity index (χ0) is 9.35. The summed E-state index contributed by atoms with van der Waals surface area (Å²) in [5, 5.41) is 12.1. The van der Waals surface area contributed by atoms with Crippen molar-refractivity contribution in [2.45, 2.75) is 46.2 Å². The van der Waals surface area contributed by atoms with Gasteiger partial charge in [-0.2, -0.15) is 0 Å². The Morgan fingerprint density at radius 3 is 2.00 bits per heavy atom. The maximum Gasteiger partial charge on any atom is 0.127 e. The van der Waals surface area contributed by atoms with E-state index < -0.39 is 0 Å². The first-order valence-electron chi connectivity index (χ1n) is 4.37. The molecular weight excluding hydrogens is 152 g/mol. The number of nitrogens with zero attached hydrogens (tertiary/aromatic N) is 4. The van der Waals surface area contributed by atoms with Gasteiger partial charge in [0.1, 0.15) is 6.67 Å². The van der Waals surface area contributed by atoms with Crippen molar-refractivity contribution < 1.29 is 0 Å². The maximum absolute atomic E-state index is 4.09. The number of hydrogen-bond acceptors (Lipinski definition) is 4. The van der Waals surface area contributed by atoms with E-state index in [0.717, 1.165) is 6.67 Å². The van der Waals surface area contributed by atoms with E-state index in [0.29, 0.717) is 6.04 Å². The second-order valence-electron chi connectivity index (χ2n) is 4.42. The summed E-state index contributed by atoms with van der Waals surface area (Å²) in [6.07, 6.45) is 0. The quantitative estimate of drug-likeness (QED) is 0.603. The average molecular weight is 170 g/mol. The van der Waals surface area contributed by atoms with Crippen molar-refractivity contribution in [2.24, 2.45) is 10.4 Å². The fourth-order valence-electron chi connectivity index (χ4n) is 0.906. The highest BCUT2D eigenvalue weighted by Gasteiger charge is 2.27. The third-order valence-corrected chi connectivity index (χ3v) is 1.91. The van der Waals surface area contributed by atoms with Crippen LogP contribution in [0.4, 0.5) is 0 Å². The molecule has 1 aliphatic heterocycles. The molecule has 1 heterocycles. The normalized spacial score (nSPS) is 18.2. The lowest BCUT2D eigenvalue weighted by Gasteiger charge is -2.29. The van der Waals surface area contributed by atoms with Crippen LogP contribution in [0.25, 0.3) is 0 Å². The summed E-state index contributed by atoms with van der Waals surface area (Å²) < 4.78 is 0. The summed E-state index contributed by atoms with van der Waals surface area (Å²) >= 11 is 0. The third kappa shape index (κ3) is 1.87. The van der Waals surface area contributed by atoms with Gasteiger partial charge in [0.25, 0.3) is 0 Å². The van der Waals surface area contributed by atoms with Gasteiger partial charge in [0, 0.05) is 6.04 Å². The second-order valence-corrected chi connectivity index (χ2v) is 4.42. The van der Waals surface area contributed by atoms with Crippen LogP contribution in [-0.4, -0.2) is 28.3 Å². The van der Waals surface area contributed by atoms with Crippen molar-refractivity contribution in [1.29, 1.82) is 0 Å². The molecule has 0 radical (unpaired) electrons. The van der Waals surface area contributed by atoms with Crippen molar-refractivity contribution in [1.82, 2.24) is 10.0 Å². The van der Waals surface area contributed by atoms with Crippen LogP contribution in [0.3, 0.4) is 0 Å². The fraction of sp³-hybridized carbons (Fsp3) is 1.00. The van der Waals surface area contributed by atoms with Gasteiger partial charge in [0.05, 0.1) is 5.54 Å². The van der Waals surface area contributed by atoms with E-state index in [1.54, 1.807) is 0 Å². The van der Waals surface area contributed by atoms with Crippen LogP contribution in [0.15, 0.2) is 10.4 Å². The Hall–Kier alpha value is -0.800. The SMILES string of the molecule is CC(C)N1CN(C(C)(C)C)N=N1. The van der Waals surface area contributed by atoms with Crippen molar-refractivity contribution >= 4 is 0 Å². The van der Waals surface area contributed by atoms with Gasteiger partial charge in [0.15, 0.2) is 0 Å². The van der Waals surface area contributed by atoms with Crippen molar-refractivity contribution in [3.05, 3.63) is 0 Å². The molecule has 0 aliphatic carbocycles. The van der Waals surface area contributed by atoms with Gasteiger partial charge in [-0.3, -0.25) is 10.0 Å². The first-order chi connectivity index (χ1) is 5.41. The molecule has 1 rings (SSSR count). The van der Waals surface area contributed by atoms with Gasteiger partial charge in [-0.05, 0) is 34.6 Å². The lowest BCUT2D eigenvalue weighted by Crippen LogP contribution is -2.40. The monoisotopic (exact) mass is 170 g/mol. The first kappa shape index (κ1) is 9.29. The Labute approximate surface area is 74.2 Å². The smallest absolute Gasteiger partial charge is 0.127 e. The minimum Gasteiger partial charge on any atom is -0.253 e. The summed E-state index contributed by atoms with van der Waals surface area (Å²) in [7, 11) is 0. The van der Waals surface area contributed by atoms with E-state index in [4.69, 9.17) is 0 Å². The zero-order valence-corrected chi connectivity index (χ0v) is 8.57. The minimum atomic E-state index is 0.0765. The number of hydrogen-bond donors (Lipinski definition) is 0. The Balaban J connectivity index is 2.54. The molecular formula is C8H18N4. The molecule has 0 bridgehead atoms. The van der Waals surface area contributed by atoms with E-state index >= 15 is 0 Å². The summed E-state index contributed by atoms with van der Waals surface area (Å²) in [5.74, 6) is 0. The van der Waals surface area contributed by atoms with Gasteiger partial charge in [-0.1, -0.05) is 10.4 Å². The summed E-state index contributed by atoms with van der Waals surface area (Å²) in [6.45, 7) is 11.4. The molecule has 0 fully saturated rings. The van der Waals surface area contributed by atoms with Gasteiger partial charge in [-0.25, -0.2) is 0 Å². The standard InChI is InChI=1S/C8H18N4/c1-7(2)11-6-12(10-9-11)8(3,4)5/h7H,6H2,1-5H3. The third-order valence-electron chi connectivity index (χ3n) is 1.91. The second kappa shape index (κ2) is 2.92. The molecule has 0 amide bonds. The first-order valence-corrected chi connectivity index (χ1v) is 4.37. The summed E-state index contributed by atoms with van der Waals surface area (Å²) in [5.41, 5.74) is 0.0765. The molecule has 0 N–H and O–H groups in total. The highest BCUT2D eigenvalue weighted by molar-refractivity contribution is 4.74. The Morgan fingerprint density at radius 1 is 1.17 bits per heavy atom. The predicted molar refractivity (Wildman–Crippen MR) is 48.3 cm³/mol. The van der Waals surface area contributed by atoms with Crippen LogP contribution < -0.4 is 0 Å². The summed E-state index contributed by atoms with van der Waals surface area (Å²) in [4.78, 5) is 0. The molecule has 4 heteroatoms. The molecule has 0 aromatic carbocycles. The van der Waals surface area contributed by atoms with Crippen LogP contribution in [0.2, 0.25) is 0 Å². The maximum atomic E-state index is 4.09. The van der Waals surface area contributed by atoms with E-state index in [9.17, 15) is 0 Å². The number of rotatable bonds is 1. The molecule has 12 heavy (non-hydrogen) atoms. The van der Waals surface area contributed by atoms with E-state index in [1.807, 2.05) is 10.0 Å². The van der Waals surface area contributed by atoms with Crippen molar-refractivity contribution in [3.8, 4) is 0 Å². The lowest BCUT2D eigenvalue weighted by atomic mass is 10.1. The van der Waals surface area contributed by atoms with Crippen molar-refractivity contribution in [2.75, 3.05) is 6.67 Å². The fourth-order valence-corrected chi connectivity index (χ4v) is 0.906. The topological polar surface area (TPSA) is 31.2 Å². The van der Waals surface area contributed by atoms with Gasteiger partial charge >= 0.3 is 0 Å². The van der Waals surface area contributed by atoms with Gasteiger partial charge < -0.3 is 0 Å². The van der Waals surface area contributed by atoms with Crippen molar-refractivity contribution in [3.63, 3.8) is 0 Å². The highest BCUT2D eigenvalue weighted by atomic mass is 15.8. The van der Waals surface area contributed by atoms with Crippen LogP contribution in [-0.2, 0) is 0 Å². The van der Waals surface area contributed by atoms with Gasteiger partial charge in [-0.15, -0.1) is 0 Å². The van der Waals surface area contributed by atoms with E-state index in [1.165, 1.54) is 0 Å².